The van der Waals surface area contributed by atoms with Gasteiger partial charge in [-0.25, -0.2) is 4.79 Å². The van der Waals surface area contributed by atoms with Crippen molar-refractivity contribution in [2.75, 3.05) is 13.1 Å². The maximum absolute atomic E-state index is 11.2. The van der Waals surface area contributed by atoms with Crippen molar-refractivity contribution < 1.29 is 14.7 Å². The molecule has 0 aromatic carbocycles. The Hall–Kier alpha value is -1.85. The van der Waals surface area contributed by atoms with Gasteiger partial charge >= 0.3 is 5.97 Å². The largest absolute Gasteiger partial charge is 0.479 e. The molecule has 0 radical (unpaired) electrons. The second kappa shape index (κ2) is 3.08. The normalized spacial score (nSPS) is 18.3. The van der Waals surface area contributed by atoms with Gasteiger partial charge in [0.15, 0.2) is 5.54 Å². The minimum absolute atomic E-state index is 0.112. The molecule has 1 aliphatic heterocycles. The van der Waals surface area contributed by atoms with Crippen molar-refractivity contribution in [1.29, 1.82) is 0 Å². The summed E-state index contributed by atoms with van der Waals surface area (Å²) in [6.45, 7) is 1.79. The van der Waals surface area contributed by atoms with E-state index in [0.717, 1.165) is 0 Å². The molecule has 0 spiro atoms. The van der Waals surface area contributed by atoms with Crippen LogP contribution < -0.4 is 0 Å². The number of nitrogens with zero attached hydrogens (tertiary/aromatic N) is 3. The molecule has 15 heavy (non-hydrogen) atoms. The third kappa shape index (κ3) is 1.29. The van der Waals surface area contributed by atoms with Crippen LogP contribution in [0.2, 0.25) is 0 Å². The van der Waals surface area contributed by atoms with E-state index in [4.69, 9.17) is 5.11 Å². The molecule has 0 atom stereocenters. The fraction of sp³-hybridized carbons (Fsp3) is 0.444. The Bertz CT molecular complexity index is 393. The number of aliphatic carboxylic acids is 1. The molecule has 1 N–H and O–H groups in total. The SMILES string of the molecule is CC(=O)N1CC(C(=O)O)(n2cccn2)C1. The van der Waals surface area contributed by atoms with E-state index in [-0.39, 0.29) is 19.0 Å². The highest BCUT2D eigenvalue weighted by Crippen LogP contribution is 2.28. The van der Waals surface area contributed by atoms with Crippen molar-refractivity contribution in [3.8, 4) is 0 Å². The molecule has 0 unspecified atom stereocenters. The van der Waals surface area contributed by atoms with Crippen LogP contribution in [0.25, 0.3) is 0 Å². The standard InChI is InChI=1S/C9H11N3O3/c1-7(13)11-5-9(6-11,8(14)15)12-4-2-3-10-12/h2-4H,5-6H2,1H3,(H,14,15). The lowest BCUT2D eigenvalue weighted by atomic mass is 9.90. The van der Waals surface area contributed by atoms with Gasteiger partial charge in [0, 0.05) is 19.3 Å². The molecular weight excluding hydrogens is 198 g/mol. The lowest BCUT2D eigenvalue weighted by molar-refractivity contribution is -0.163. The minimum Gasteiger partial charge on any atom is -0.479 e. The maximum Gasteiger partial charge on any atom is 0.335 e. The van der Waals surface area contributed by atoms with Crippen LogP contribution in [0, 0.1) is 0 Å². The number of carbonyl (C=O) groups is 2. The van der Waals surface area contributed by atoms with Crippen molar-refractivity contribution in [1.82, 2.24) is 14.7 Å². The molecule has 0 bridgehead atoms. The van der Waals surface area contributed by atoms with Gasteiger partial charge in [-0.05, 0) is 6.07 Å². The van der Waals surface area contributed by atoms with Gasteiger partial charge in [0.2, 0.25) is 5.91 Å². The maximum atomic E-state index is 11.2. The van der Waals surface area contributed by atoms with E-state index >= 15 is 0 Å². The number of likely N-dealkylation sites (tertiary alicyclic amines) is 1. The quantitative estimate of drug-likeness (QED) is 0.714. The van der Waals surface area contributed by atoms with Crippen molar-refractivity contribution >= 4 is 11.9 Å². The first-order valence-electron chi connectivity index (χ1n) is 4.55. The first kappa shape index (κ1) is 9.70. The average molecular weight is 209 g/mol. The van der Waals surface area contributed by atoms with Crippen LogP contribution in [-0.2, 0) is 15.1 Å². The Morgan fingerprint density at radius 1 is 1.47 bits per heavy atom. The molecule has 1 aliphatic rings. The van der Waals surface area contributed by atoms with Crippen LogP contribution in [0.5, 0.6) is 0 Å². The summed E-state index contributed by atoms with van der Waals surface area (Å²) in [5, 5.41) is 13.1. The third-order valence-electron chi connectivity index (χ3n) is 2.69. The van der Waals surface area contributed by atoms with Crippen LogP contribution in [0.15, 0.2) is 18.5 Å². The molecule has 6 nitrogen and oxygen atoms in total. The predicted octanol–water partition coefficient (Wildman–Crippen LogP) is -0.475. The molecule has 2 heterocycles. The molecule has 0 aliphatic carbocycles. The van der Waals surface area contributed by atoms with E-state index < -0.39 is 11.5 Å². The highest BCUT2D eigenvalue weighted by atomic mass is 16.4. The lowest BCUT2D eigenvalue weighted by Gasteiger charge is -2.46. The number of rotatable bonds is 2. The number of carboxylic acids is 1. The average Bonchev–Trinajstić information content (AvgIpc) is 2.53. The Balaban J connectivity index is 2.24. The second-order valence-corrected chi connectivity index (χ2v) is 3.66. The van der Waals surface area contributed by atoms with Crippen molar-refractivity contribution in [2.45, 2.75) is 12.5 Å². The highest BCUT2D eigenvalue weighted by molar-refractivity contribution is 5.83. The van der Waals surface area contributed by atoms with Crippen LogP contribution in [-0.4, -0.2) is 44.8 Å². The van der Waals surface area contributed by atoms with E-state index in [2.05, 4.69) is 5.10 Å². The van der Waals surface area contributed by atoms with Crippen LogP contribution >= 0.6 is 0 Å². The van der Waals surface area contributed by atoms with Gasteiger partial charge in [0.1, 0.15) is 0 Å². The van der Waals surface area contributed by atoms with Crippen LogP contribution in [0.3, 0.4) is 0 Å². The fourth-order valence-electron chi connectivity index (χ4n) is 1.71. The van der Waals surface area contributed by atoms with Gasteiger partial charge in [-0.2, -0.15) is 5.10 Å². The molecule has 1 fully saturated rings. The summed E-state index contributed by atoms with van der Waals surface area (Å²) in [4.78, 5) is 23.7. The van der Waals surface area contributed by atoms with E-state index in [1.807, 2.05) is 0 Å². The van der Waals surface area contributed by atoms with Gasteiger partial charge in [0.05, 0.1) is 13.1 Å². The molecule has 1 amide bonds. The summed E-state index contributed by atoms with van der Waals surface area (Å²) in [7, 11) is 0. The van der Waals surface area contributed by atoms with Gasteiger partial charge < -0.3 is 10.0 Å². The first-order valence-corrected chi connectivity index (χ1v) is 4.55. The molecule has 80 valence electrons. The molecule has 0 saturated carbocycles. The monoisotopic (exact) mass is 209 g/mol. The van der Waals surface area contributed by atoms with Crippen molar-refractivity contribution in [3.05, 3.63) is 18.5 Å². The third-order valence-corrected chi connectivity index (χ3v) is 2.69. The summed E-state index contributed by atoms with van der Waals surface area (Å²) < 4.78 is 1.40. The fourth-order valence-corrected chi connectivity index (χ4v) is 1.71. The Kier molecular flexibility index (Phi) is 1.99. The summed E-state index contributed by atoms with van der Waals surface area (Å²) in [5.74, 6) is -1.07. The Morgan fingerprint density at radius 3 is 2.53 bits per heavy atom. The zero-order chi connectivity index (χ0) is 11.1. The number of hydrogen-bond donors (Lipinski definition) is 1. The predicted molar refractivity (Wildman–Crippen MR) is 50.1 cm³/mol. The van der Waals surface area contributed by atoms with Crippen LogP contribution in [0.1, 0.15) is 6.92 Å². The first-order chi connectivity index (χ1) is 7.06. The van der Waals surface area contributed by atoms with Gasteiger partial charge in [-0.1, -0.05) is 0 Å². The topological polar surface area (TPSA) is 75.4 Å². The lowest BCUT2D eigenvalue weighted by Crippen LogP contribution is -2.67. The van der Waals surface area contributed by atoms with E-state index in [9.17, 15) is 9.59 Å². The van der Waals surface area contributed by atoms with Crippen molar-refractivity contribution in [3.63, 3.8) is 0 Å². The highest BCUT2D eigenvalue weighted by Gasteiger charge is 2.53. The molecular formula is C9H11N3O3. The van der Waals surface area contributed by atoms with E-state index in [1.165, 1.54) is 22.7 Å². The summed E-state index contributed by atoms with van der Waals surface area (Å²) >= 11 is 0. The number of carbonyl (C=O) groups excluding carboxylic acids is 1. The minimum atomic E-state index is -1.07. The van der Waals surface area contributed by atoms with Gasteiger partial charge in [-0.3, -0.25) is 9.48 Å². The second-order valence-electron chi connectivity index (χ2n) is 3.66. The molecule has 1 aromatic heterocycles. The smallest absolute Gasteiger partial charge is 0.335 e. The van der Waals surface area contributed by atoms with Crippen molar-refractivity contribution in [2.24, 2.45) is 0 Å². The van der Waals surface area contributed by atoms with Gasteiger partial charge in [0.25, 0.3) is 0 Å². The number of aromatic nitrogens is 2. The molecule has 6 heteroatoms. The van der Waals surface area contributed by atoms with E-state index in [0.29, 0.717) is 0 Å². The van der Waals surface area contributed by atoms with Gasteiger partial charge in [-0.15, -0.1) is 0 Å². The summed E-state index contributed by atoms with van der Waals surface area (Å²) in [6.07, 6.45) is 3.13. The zero-order valence-electron chi connectivity index (χ0n) is 8.25. The summed E-state index contributed by atoms with van der Waals surface area (Å²) in [6, 6.07) is 1.67. The zero-order valence-corrected chi connectivity index (χ0v) is 8.25. The van der Waals surface area contributed by atoms with E-state index in [1.54, 1.807) is 12.3 Å². The Labute approximate surface area is 86.1 Å². The van der Waals surface area contributed by atoms with Crippen LogP contribution in [0.4, 0.5) is 0 Å². The number of carboxylic acid groups (broad SMARTS) is 1. The summed E-state index contributed by atoms with van der Waals surface area (Å²) in [5.41, 5.74) is -1.07. The Morgan fingerprint density at radius 2 is 2.13 bits per heavy atom. The number of amides is 1. The number of hydrogen-bond acceptors (Lipinski definition) is 3. The molecule has 2 rings (SSSR count). The molecule has 1 aromatic rings. The molecule has 1 saturated heterocycles.